The van der Waals surface area contributed by atoms with Crippen molar-refractivity contribution in [3.8, 4) is 0 Å². The number of nitrogens with zero attached hydrogens (tertiary/aromatic N) is 5. The fourth-order valence-corrected chi connectivity index (χ4v) is 21.3. The van der Waals surface area contributed by atoms with E-state index in [1.807, 2.05) is 0 Å². The third kappa shape index (κ3) is 6.74. The third-order valence-corrected chi connectivity index (χ3v) is 26.2. The molecule has 0 fully saturated rings. The molecule has 0 unspecified atom stereocenters. The van der Waals surface area contributed by atoms with Crippen LogP contribution in [0.3, 0.4) is 0 Å². The van der Waals surface area contributed by atoms with E-state index in [0.717, 1.165) is 25.8 Å². The van der Waals surface area contributed by atoms with Gasteiger partial charge in [0.05, 0.1) is 5.69 Å². The molecule has 0 atom stereocenters. The summed E-state index contributed by atoms with van der Waals surface area (Å²) in [5, 5.41) is 13.5. The van der Waals surface area contributed by atoms with Crippen molar-refractivity contribution in [3.63, 3.8) is 0 Å². The first-order valence-corrected chi connectivity index (χ1v) is 37.1. The van der Waals surface area contributed by atoms with Crippen molar-refractivity contribution >= 4 is 218 Å². The van der Waals surface area contributed by atoms with Crippen molar-refractivity contribution in [2.24, 2.45) is 0 Å². The molecule has 97 heavy (non-hydrogen) atoms. The average molecular weight is 1250 g/mol. The van der Waals surface area contributed by atoms with Crippen LogP contribution >= 0.6 is 0 Å². The number of hydrogen-bond acceptors (Lipinski definition) is 6. The van der Waals surface area contributed by atoms with Gasteiger partial charge in [0.2, 0.25) is 20.1 Å². The topological polar surface area (TPSA) is 28.2 Å². The van der Waals surface area contributed by atoms with E-state index in [2.05, 4.69) is 261 Å². The predicted octanol–water partition coefficient (Wildman–Crippen LogP) is 11.8. The second-order valence-electron chi connectivity index (χ2n) is 33.3. The van der Waals surface area contributed by atoms with Gasteiger partial charge in [-0.15, -0.1) is 0 Å². The van der Waals surface area contributed by atoms with Gasteiger partial charge in [0, 0.05) is 115 Å². The Morgan fingerprint density at radius 3 is 1.19 bits per heavy atom. The molecule has 11 aliphatic heterocycles. The van der Waals surface area contributed by atoms with Crippen molar-refractivity contribution in [2.45, 2.75) is 138 Å². The van der Waals surface area contributed by atoms with E-state index in [-0.39, 0.29) is 33.6 Å². The number of benzene rings is 11. The van der Waals surface area contributed by atoms with Crippen LogP contribution < -0.4 is 101 Å². The molecule has 0 saturated heterocycles. The van der Waals surface area contributed by atoms with Gasteiger partial charge >= 0.3 is 0 Å². The normalized spacial score (nSPS) is 16.4. The van der Waals surface area contributed by atoms with Gasteiger partial charge in [-0.2, -0.15) is 0 Å². The maximum absolute atomic E-state index is 4.60. The molecule has 11 aliphatic rings. The first-order valence-electron chi connectivity index (χ1n) is 37.1. The lowest BCUT2D eigenvalue weighted by atomic mass is 9.28. The maximum atomic E-state index is 4.60. The Kier molecular flexibility index (Phi) is 10.9. The highest BCUT2D eigenvalue weighted by atomic mass is 15.2. The molecule has 6 nitrogen and oxygen atoms in total. The third-order valence-electron chi connectivity index (χ3n) is 26.2. The lowest BCUT2D eigenvalue weighted by Crippen LogP contribution is -2.71. The summed E-state index contributed by atoms with van der Waals surface area (Å²) >= 11 is 0. The second-order valence-corrected chi connectivity index (χ2v) is 33.3. The molecule has 22 rings (SSSR count). The molecular weight excluding hydrogens is 1170 g/mol. The van der Waals surface area contributed by atoms with Gasteiger partial charge in [-0.1, -0.05) is 187 Å². The van der Waals surface area contributed by atoms with E-state index in [0.29, 0.717) is 41.4 Å². The van der Waals surface area contributed by atoms with E-state index in [1.54, 1.807) is 16.4 Å². The zero-order valence-electron chi connectivity index (χ0n) is 58.7. The van der Waals surface area contributed by atoms with Crippen LogP contribution in [0.15, 0.2) is 127 Å². The number of fused-ring (bicyclic) bond motifs is 23. The van der Waals surface area contributed by atoms with Crippen LogP contribution in [0.25, 0.3) is 32.3 Å². The summed E-state index contributed by atoms with van der Waals surface area (Å²) in [5.41, 5.74) is 47.1. The Balaban J connectivity index is 0.977. The summed E-state index contributed by atoms with van der Waals surface area (Å²) in [7, 11) is 2.76. The van der Waals surface area contributed by atoms with Gasteiger partial charge in [0.25, 0.3) is 13.4 Å². The summed E-state index contributed by atoms with van der Waals surface area (Å²) < 4.78 is 0. The predicted molar refractivity (Wildman–Crippen MR) is 426 cm³/mol. The molecule has 11 aromatic rings. The van der Waals surface area contributed by atoms with Crippen molar-refractivity contribution in [1.29, 1.82) is 0 Å². The lowest BCUT2D eigenvalue weighted by Gasteiger charge is -2.55. The molecule has 0 spiro atoms. The van der Waals surface area contributed by atoms with E-state index in [4.69, 9.17) is 0 Å². The van der Waals surface area contributed by atoms with Gasteiger partial charge in [0.1, 0.15) is 0 Å². The smallest absolute Gasteiger partial charge is 0.252 e. The number of anilines is 13. The van der Waals surface area contributed by atoms with Crippen molar-refractivity contribution in [1.82, 2.24) is 0 Å². The quantitative estimate of drug-likeness (QED) is 0.0971. The Hall–Kier alpha value is -8.61. The fraction of sp³-hybridized carbons (Fsp3) is 0.294. The Morgan fingerprint density at radius 1 is 0.320 bits per heavy atom. The van der Waals surface area contributed by atoms with Crippen LogP contribution in [-0.4, -0.2) is 66.6 Å². The first kappa shape index (κ1) is 56.4. The summed E-state index contributed by atoms with van der Waals surface area (Å²) in [6, 6.07) is 53.6. The van der Waals surface area contributed by atoms with Gasteiger partial charge in [0.15, 0.2) is 7.28 Å². The molecule has 0 aromatic heterocycles. The highest BCUT2D eigenvalue weighted by Gasteiger charge is 2.58. The van der Waals surface area contributed by atoms with Crippen LogP contribution in [0.4, 0.5) is 73.9 Å². The van der Waals surface area contributed by atoms with Gasteiger partial charge in [-0.05, 0) is 200 Å². The molecule has 12 heteroatoms. The van der Waals surface area contributed by atoms with Gasteiger partial charge in [-0.3, -0.25) is 0 Å². The molecule has 1 N–H and O–H groups in total. The zero-order chi connectivity index (χ0) is 65.4. The SMILES string of the molecule is CC(C)c1ccc2c(c1)Nc1c3c4c5c6c7c8c9c%10c%11c%12c%13c%14c%15c%11c(c9c16)[B]CN%15c1cc(C(C)C)ccc1B%14c1ccc(C(C)C)cc1N%13c1cc(C(C)C)ccc1B%12CN%10CB8c1ccc(C(C)C)cc1N7CB5c1ccc(C(C)C)cc1N4c1cc(C(C)C)ccc1B23. The van der Waals surface area contributed by atoms with Crippen LogP contribution in [0.2, 0.25) is 0 Å². The second kappa shape index (κ2) is 18.8. The highest BCUT2D eigenvalue weighted by Crippen LogP contribution is 2.57. The number of hydrogen-bond donors (Lipinski definition) is 1. The van der Waals surface area contributed by atoms with Crippen molar-refractivity contribution < 1.29 is 0 Å². The van der Waals surface area contributed by atoms with E-state index >= 15 is 0 Å². The summed E-state index contributed by atoms with van der Waals surface area (Å²) in [5.74, 6) is 2.67. The van der Waals surface area contributed by atoms with Crippen LogP contribution in [0.1, 0.15) is 177 Å². The molecule has 11 heterocycles. The average Bonchev–Trinajstić information content (AvgIpc) is 0.642. The number of rotatable bonds is 7. The Labute approximate surface area is 574 Å². The standard InChI is InChI=1S/C85H79B6N6/c1-40(2)47-15-22-54-61(29-47)92-80-69-68-71-75-83-72(69)76-84-78(80)90(54)59-27-20-52(45(11)12)34-66(59)96(84)65-33-51(44(9)10)18-25-57(65)89(76)39-95(83)62-30-48(41(3)4)16-23-55(62)87(75)37-93-38-88-56-24-17-50(43(7)8)32-64(56)97-67-35-53(46(13)14)21-28-60(67)91-58-26-19-49(42(5)6)31-63(58)94-36-86-74(68)70-73(81(71)93)77(88)85(97)79(91)82(70)94/h15-35,40-46,92H,36-39H2,1-14H3. The van der Waals surface area contributed by atoms with Crippen LogP contribution in [0.5, 0.6) is 0 Å². The van der Waals surface area contributed by atoms with Crippen LogP contribution in [0, 0.1) is 0 Å². The monoisotopic (exact) mass is 1250 g/mol. The molecule has 0 saturated carbocycles. The maximum Gasteiger partial charge on any atom is 0.252 e. The van der Waals surface area contributed by atoms with E-state index in [1.165, 1.54) is 200 Å². The molecule has 467 valence electrons. The molecule has 0 amide bonds. The molecule has 0 aliphatic carbocycles. The summed E-state index contributed by atoms with van der Waals surface area (Å²) in [4.78, 5) is 14.4. The minimum Gasteiger partial charge on any atom is -0.384 e. The zero-order valence-corrected chi connectivity index (χ0v) is 58.7. The molecular formula is C85H79B6N6. The largest absolute Gasteiger partial charge is 0.384 e. The van der Waals surface area contributed by atoms with E-state index < -0.39 is 0 Å². The van der Waals surface area contributed by atoms with E-state index in [9.17, 15) is 0 Å². The lowest BCUT2D eigenvalue weighted by molar-refractivity contribution is 0.865. The van der Waals surface area contributed by atoms with Crippen LogP contribution in [-0.2, 0) is 0 Å². The summed E-state index contributed by atoms with van der Waals surface area (Å²) in [6.45, 7) is 33.9. The minimum absolute atomic E-state index is 0.0145. The molecule has 11 aromatic carbocycles. The van der Waals surface area contributed by atoms with Gasteiger partial charge < -0.3 is 29.8 Å². The Bertz CT molecular complexity index is 5590. The highest BCUT2D eigenvalue weighted by molar-refractivity contribution is 7.05. The molecule has 0 bridgehead atoms. The van der Waals surface area contributed by atoms with Gasteiger partial charge in [-0.25, -0.2) is 0 Å². The minimum atomic E-state index is 0.0145. The number of nitrogens with one attached hydrogen (secondary N) is 1. The molecule has 1 radical (unpaired) electrons. The van der Waals surface area contributed by atoms with Crippen molar-refractivity contribution in [3.05, 3.63) is 166 Å². The Morgan fingerprint density at radius 2 is 0.680 bits per heavy atom. The summed E-state index contributed by atoms with van der Waals surface area (Å²) in [6.07, 6.45) is 3.53. The van der Waals surface area contributed by atoms with Crippen molar-refractivity contribution in [2.75, 3.05) is 55.6 Å². The fourth-order valence-electron chi connectivity index (χ4n) is 21.3. The first-order chi connectivity index (χ1) is 46.9.